The first kappa shape index (κ1) is 24.0. The van der Waals surface area contributed by atoms with Gasteiger partial charge in [-0.1, -0.05) is 0 Å². The van der Waals surface area contributed by atoms with Crippen molar-refractivity contribution in [1.82, 2.24) is 24.6 Å². The summed E-state index contributed by atoms with van der Waals surface area (Å²) < 4.78 is 12.7. The van der Waals surface area contributed by atoms with Crippen LogP contribution in [0.4, 0.5) is 0 Å². The molecule has 0 spiro atoms. The smallest absolute Gasteiger partial charge is 0.259 e. The molecule has 2 saturated heterocycles. The van der Waals surface area contributed by atoms with Crippen molar-refractivity contribution in [1.29, 1.82) is 0 Å². The Hall–Kier alpha value is -2.75. The lowest BCUT2D eigenvalue weighted by Crippen LogP contribution is -2.53. The van der Waals surface area contributed by atoms with E-state index in [1.54, 1.807) is 13.3 Å². The van der Waals surface area contributed by atoms with Gasteiger partial charge in [-0.05, 0) is 50.8 Å². The van der Waals surface area contributed by atoms with E-state index < -0.39 is 0 Å². The lowest BCUT2D eigenvalue weighted by atomic mass is 10.0. The summed E-state index contributed by atoms with van der Waals surface area (Å²) in [5.74, 6) is 0.0456. The van der Waals surface area contributed by atoms with Crippen molar-refractivity contribution in [3.8, 4) is 0 Å². The Balaban J connectivity index is 1.48. The molecule has 9 nitrogen and oxygen atoms in total. The molecule has 2 fully saturated rings. The number of hydrogen-bond donors (Lipinski definition) is 1. The molecule has 1 N–H and O–H groups in total. The molecule has 3 aromatic rings. The van der Waals surface area contributed by atoms with Crippen LogP contribution in [-0.4, -0.2) is 89.6 Å². The molecule has 0 saturated carbocycles. The van der Waals surface area contributed by atoms with E-state index in [4.69, 9.17) is 9.47 Å². The lowest BCUT2D eigenvalue weighted by molar-refractivity contribution is 0.0490. The fourth-order valence-corrected chi connectivity index (χ4v) is 5.52. The number of rotatable bonds is 6. The molecule has 2 aromatic heterocycles. The van der Waals surface area contributed by atoms with Gasteiger partial charge in [0.1, 0.15) is 0 Å². The number of carbonyl (C=O) groups excluding carboxylic acids is 1. The van der Waals surface area contributed by atoms with Crippen LogP contribution in [0, 0.1) is 6.92 Å². The van der Waals surface area contributed by atoms with Gasteiger partial charge >= 0.3 is 0 Å². The van der Waals surface area contributed by atoms with Crippen molar-refractivity contribution in [3.05, 3.63) is 39.8 Å². The largest absolute Gasteiger partial charge is 0.385 e. The zero-order valence-corrected chi connectivity index (χ0v) is 20.9. The van der Waals surface area contributed by atoms with Crippen molar-refractivity contribution in [2.75, 3.05) is 53.1 Å². The monoisotopic (exact) mass is 481 g/mol. The summed E-state index contributed by atoms with van der Waals surface area (Å²) in [6.07, 6.45) is 4.35. The SMILES string of the molecule is COCCCN1CCN(C(=O)c2cc3c(cc2C)[nH]c(=O)c2cnn(C4CCOCC4)c23)C[C@@H]1C. The van der Waals surface area contributed by atoms with Crippen LogP contribution in [0.2, 0.25) is 0 Å². The van der Waals surface area contributed by atoms with Gasteiger partial charge in [-0.2, -0.15) is 5.10 Å². The Morgan fingerprint density at radius 3 is 2.77 bits per heavy atom. The number of piperazine rings is 1. The number of H-pyrrole nitrogens is 1. The molecule has 35 heavy (non-hydrogen) atoms. The zero-order valence-electron chi connectivity index (χ0n) is 20.9. The second-order valence-electron chi connectivity index (χ2n) is 9.84. The average molecular weight is 482 g/mol. The normalized spacial score (nSPS) is 20.2. The molecule has 0 bridgehead atoms. The number of methoxy groups -OCH3 is 1. The van der Waals surface area contributed by atoms with E-state index in [0.29, 0.717) is 43.3 Å². The number of nitrogens with one attached hydrogen (secondary N) is 1. The molecule has 4 heterocycles. The van der Waals surface area contributed by atoms with Crippen LogP contribution in [0.15, 0.2) is 23.1 Å². The average Bonchev–Trinajstić information content (AvgIpc) is 3.31. The number of amides is 1. The molecule has 0 aliphatic carbocycles. The Morgan fingerprint density at radius 2 is 2.03 bits per heavy atom. The molecular formula is C26H35N5O4. The van der Waals surface area contributed by atoms with E-state index >= 15 is 0 Å². The quantitative estimate of drug-likeness (QED) is 0.545. The van der Waals surface area contributed by atoms with Gasteiger partial charge < -0.3 is 19.4 Å². The first-order chi connectivity index (χ1) is 17.0. The molecule has 1 aromatic carbocycles. The first-order valence-electron chi connectivity index (χ1n) is 12.6. The standard InChI is InChI=1S/C26H35N5O4/c1-17-13-23-21(24-22(25(32)28-23)15-27-31(24)19-5-11-35-12-6-19)14-20(17)26(33)30-9-8-29(18(2)16-30)7-4-10-34-3/h13-15,18-19H,4-12,16H2,1-3H3,(H,28,32)/t18-/m0/s1. The van der Waals surface area contributed by atoms with Crippen LogP contribution in [0.25, 0.3) is 21.8 Å². The maximum absolute atomic E-state index is 13.7. The second-order valence-corrected chi connectivity index (χ2v) is 9.84. The molecule has 2 aliphatic heterocycles. The minimum Gasteiger partial charge on any atom is -0.385 e. The van der Waals surface area contributed by atoms with E-state index in [1.807, 2.05) is 28.6 Å². The number of aromatic amines is 1. The third-order valence-electron chi connectivity index (χ3n) is 7.52. The Bertz CT molecular complexity index is 1280. The van der Waals surface area contributed by atoms with Gasteiger partial charge in [0.2, 0.25) is 0 Å². The summed E-state index contributed by atoms with van der Waals surface area (Å²) in [7, 11) is 1.73. The summed E-state index contributed by atoms with van der Waals surface area (Å²) in [6.45, 7) is 9.49. The van der Waals surface area contributed by atoms with Gasteiger partial charge in [0.15, 0.2) is 0 Å². The van der Waals surface area contributed by atoms with Gasteiger partial charge in [-0.15, -0.1) is 0 Å². The number of pyridine rings is 1. The number of hydrogen-bond acceptors (Lipinski definition) is 6. The maximum Gasteiger partial charge on any atom is 0.259 e. The van der Waals surface area contributed by atoms with Crippen molar-refractivity contribution in [2.45, 2.75) is 45.2 Å². The topological polar surface area (TPSA) is 92.7 Å². The molecule has 9 heteroatoms. The van der Waals surface area contributed by atoms with Gasteiger partial charge in [-0.25, -0.2) is 0 Å². The van der Waals surface area contributed by atoms with Gasteiger partial charge in [0.25, 0.3) is 11.5 Å². The van der Waals surface area contributed by atoms with Gasteiger partial charge in [0, 0.05) is 70.1 Å². The van der Waals surface area contributed by atoms with Crippen molar-refractivity contribution >= 4 is 27.7 Å². The predicted molar refractivity (Wildman–Crippen MR) is 135 cm³/mol. The highest BCUT2D eigenvalue weighted by molar-refractivity contribution is 6.07. The third-order valence-corrected chi connectivity index (χ3v) is 7.52. The molecule has 0 radical (unpaired) electrons. The molecule has 5 rings (SSSR count). The number of nitrogens with zero attached hydrogens (tertiary/aromatic N) is 4. The van der Waals surface area contributed by atoms with E-state index in [2.05, 4.69) is 21.9 Å². The second kappa shape index (κ2) is 10.1. The maximum atomic E-state index is 13.7. The van der Waals surface area contributed by atoms with Crippen LogP contribution < -0.4 is 5.56 Å². The number of aromatic nitrogens is 3. The van der Waals surface area contributed by atoms with E-state index in [1.165, 1.54) is 0 Å². The number of benzene rings is 1. The summed E-state index contributed by atoms with van der Waals surface area (Å²) in [5, 5.41) is 6.02. The van der Waals surface area contributed by atoms with E-state index in [9.17, 15) is 9.59 Å². The highest BCUT2D eigenvalue weighted by Crippen LogP contribution is 2.30. The van der Waals surface area contributed by atoms with Crippen molar-refractivity contribution in [3.63, 3.8) is 0 Å². The van der Waals surface area contributed by atoms with Crippen LogP contribution in [-0.2, 0) is 9.47 Å². The minimum absolute atomic E-state index is 0.0456. The predicted octanol–water partition coefficient (Wildman–Crippen LogP) is 2.72. The zero-order chi connectivity index (χ0) is 24.5. The van der Waals surface area contributed by atoms with E-state index in [-0.39, 0.29) is 17.5 Å². The lowest BCUT2D eigenvalue weighted by Gasteiger charge is -2.40. The Morgan fingerprint density at radius 1 is 1.23 bits per heavy atom. The van der Waals surface area contributed by atoms with Crippen molar-refractivity contribution < 1.29 is 14.3 Å². The van der Waals surface area contributed by atoms with E-state index in [0.717, 1.165) is 60.9 Å². The summed E-state index contributed by atoms with van der Waals surface area (Å²) in [5.41, 5.74) is 2.95. The van der Waals surface area contributed by atoms with Crippen LogP contribution >= 0.6 is 0 Å². The molecule has 188 valence electrons. The van der Waals surface area contributed by atoms with Gasteiger partial charge in [-0.3, -0.25) is 19.2 Å². The minimum atomic E-state index is -0.150. The molecule has 0 unspecified atom stereocenters. The molecular weight excluding hydrogens is 446 g/mol. The Labute approximate surface area is 205 Å². The number of aryl methyl sites for hydroxylation is 1. The fourth-order valence-electron chi connectivity index (χ4n) is 5.52. The van der Waals surface area contributed by atoms with Crippen LogP contribution in [0.5, 0.6) is 0 Å². The molecule has 1 amide bonds. The summed E-state index contributed by atoms with van der Waals surface area (Å²) in [6, 6.07) is 4.36. The van der Waals surface area contributed by atoms with Gasteiger partial charge in [0.05, 0.1) is 28.7 Å². The molecule has 2 aliphatic rings. The number of carbonyl (C=O) groups is 1. The van der Waals surface area contributed by atoms with Crippen LogP contribution in [0.3, 0.4) is 0 Å². The first-order valence-corrected chi connectivity index (χ1v) is 12.6. The highest BCUT2D eigenvalue weighted by atomic mass is 16.5. The highest BCUT2D eigenvalue weighted by Gasteiger charge is 2.28. The Kier molecular flexibility index (Phi) is 6.91. The number of ether oxygens (including phenoxy) is 2. The van der Waals surface area contributed by atoms with Crippen molar-refractivity contribution in [2.24, 2.45) is 0 Å². The molecule has 1 atom stereocenters. The number of fused-ring (bicyclic) bond motifs is 3. The summed E-state index contributed by atoms with van der Waals surface area (Å²) in [4.78, 5) is 33.9. The van der Waals surface area contributed by atoms with Crippen LogP contribution in [0.1, 0.15) is 48.1 Å². The third kappa shape index (κ3) is 4.60. The fraction of sp³-hybridized carbons (Fsp3) is 0.577. The summed E-state index contributed by atoms with van der Waals surface area (Å²) >= 11 is 0.